The van der Waals surface area contributed by atoms with Gasteiger partial charge in [0.2, 0.25) is 0 Å². The highest BCUT2D eigenvalue weighted by Crippen LogP contribution is 2.19. The number of carbonyl (C=O) groups excluding carboxylic acids is 1. The normalized spacial score (nSPS) is 15.7. The number of amides is 1. The second kappa shape index (κ2) is 3.93. The van der Waals surface area contributed by atoms with Gasteiger partial charge in [0.1, 0.15) is 5.75 Å². The van der Waals surface area contributed by atoms with Gasteiger partial charge in [-0.05, 0) is 43.5 Å². The third-order valence-electron chi connectivity index (χ3n) is 2.84. The maximum atomic E-state index is 12.0. The summed E-state index contributed by atoms with van der Waals surface area (Å²) in [5.41, 5.74) is 1.42. The number of likely N-dealkylation sites (tertiary alicyclic amines) is 1. The molecule has 0 atom stereocenters. The van der Waals surface area contributed by atoms with Crippen LogP contribution in [-0.2, 0) is 0 Å². The van der Waals surface area contributed by atoms with Crippen LogP contribution in [0.15, 0.2) is 18.2 Å². The first-order valence-electron chi connectivity index (χ1n) is 5.27. The molecule has 3 nitrogen and oxygen atoms in total. The SMILES string of the molecule is Cc1cc(C(=O)N2CCCC2)ccc1O. The Bertz CT molecular complexity index is 381. The lowest BCUT2D eigenvalue weighted by molar-refractivity contribution is 0.0792. The predicted molar refractivity (Wildman–Crippen MR) is 58.0 cm³/mol. The van der Waals surface area contributed by atoms with E-state index < -0.39 is 0 Å². The Labute approximate surface area is 89.3 Å². The Hall–Kier alpha value is -1.51. The van der Waals surface area contributed by atoms with Gasteiger partial charge in [-0.1, -0.05) is 0 Å². The summed E-state index contributed by atoms with van der Waals surface area (Å²) < 4.78 is 0. The van der Waals surface area contributed by atoms with Gasteiger partial charge in [-0.15, -0.1) is 0 Å². The van der Waals surface area contributed by atoms with E-state index in [9.17, 15) is 9.90 Å². The van der Waals surface area contributed by atoms with Crippen molar-refractivity contribution in [1.29, 1.82) is 0 Å². The van der Waals surface area contributed by atoms with Crippen LogP contribution in [0, 0.1) is 6.92 Å². The summed E-state index contributed by atoms with van der Waals surface area (Å²) in [6.07, 6.45) is 2.20. The number of phenolic OH excluding ortho intramolecular Hbond substituents is 1. The molecule has 1 amide bonds. The monoisotopic (exact) mass is 205 g/mol. The van der Waals surface area contributed by atoms with Crippen molar-refractivity contribution in [3.05, 3.63) is 29.3 Å². The van der Waals surface area contributed by atoms with E-state index in [0.29, 0.717) is 5.56 Å². The van der Waals surface area contributed by atoms with Gasteiger partial charge in [-0.3, -0.25) is 4.79 Å². The van der Waals surface area contributed by atoms with E-state index >= 15 is 0 Å². The summed E-state index contributed by atoms with van der Waals surface area (Å²) in [5.74, 6) is 0.323. The van der Waals surface area contributed by atoms with Crippen LogP contribution in [0.5, 0.6) is 5.75 Å². The molecule has 1 saturated heterocycles. The van der Waals surface area contributed by atoms with E-state index in [-0.39, 0.29) is 11.7 Å². The highest BCUT2D eigenvalue weighted by Gasteiger charge is 2.19. The van der Waals surface area contributed by atoms with Gasteiger partial charge in [0.15, 0.2) is 0 Å². The largest absolute Gasteiger partial charge is 0.508 e. The standard InChI is InChI=1S/C12H15NO2/c1-9-8-10(4-5-11(9)14)12(15)13-6-2-3-7-13/h4-5,8,14H,2-3,6-7H2,1H3. The number of rotatable bonds is 1. The van der Waals surface area contributed by atoms with Gasteiger partial charge >= 0.3 is 0 Å². The number of aromatic hydroxyl groups is 1. The Morgan fingerprint density at radius 1 is 1.33 bits per heavy atom. The Morgan fingerprint density at radius 2 is 2.00 bits per heavy atom. The molecule has 1 heterocycles. The van der Waals surface area contributed by atoms with Crippen LogP contribution in [0.2, 0.25) is 0 Å². The van der Waals surface area contributed by atoms with E-state index in [1.54, 1.807) is 25.1 Å². The molecular weight excluding hydrogens is 190 g/mol. The molecule has 0 aromatic heterocycles. The Morgan fingerprint density at radius 3 is 2.60 bits per heavy atom. The first-order valence-corrected chi connectivity index (χ1v) is 5.27. The van der Waals surface area contributed by atoms with Gasteiger partial charge in [-0.2, -0.15) is 0 Å². The van der Waals surface area contributed by atoms with E-state index in [0.717, 1.165) is 31.5 Å². The fourth-order valence-corrected chi connectivity index (χ4v) is 1.89. The maximum absolute atomic E-state index is 12.0. The minimum atomic E-state index is 0.0793. The molecule has 0 radical (unpaired) electrons. The minimum absolute atomic E-state index is 0.0793. The molecular formula is C12H15NO2. The number of carbonyl (C=O) groups is 1. The van der Waals surface area contributed by atoms with Crippen molar-refractivity contribution in [3.63, 3.8) is 0 Å². The molecule has 0 spiro atoms. The topological polar surface area (TPSA) is 40.5 Å². The van der Waals surface area contributed by atoms with Crippen LogP contribution < -0.4 is 0 Å². The van der Waals surface area contributed by atoms with Gasteiger partial charge in [0.05, 0.1) is 0 Å². The number of benzene rings is 1. The summed E-state index contributed by atoms with van der Waals surface area (Å²) >= 11 is 0. The molecule has 3 heteroatoms. The molecule has 1 aliphatic heterocycles. The average Bonchev–Trinajstić information content (AvgIpc) is 2.74. The summed E-state index contributed by atoms with van der Waals surface area (Å²) in [7, 11) is 0. The van der Waals surface area contributed by atoms with Gasteiger partial charge in [-0.25, -0.2) is 0 Å². The summed E-state index contributed by atoms with van der Waals surface area (Å²) in [4.78, 5) is 13.8. The zero-order valence-electron chi connectivity index (χ0n) is 8.86. The predicted octanol–water partition coefficient (Wildman–Crippen LogP) is 1.94. The first kappa shape index (κ1) is 10.0. The maximum Gasteiger partial charge on any atom is 0.253 e. The number of hydrogen-bond donors (Lipinski definition) is 1. The molecule has 80 valence electrons. The van der Waals surface area contributed by atoms with E-state index in [2.05, 4.69) is 0 Å². The second-order valence-corrected chi connectivity index (χ2v) is 4.00. The van der Waals surface area contributed by atoms with Crippen LogP contribution in [-0.4, -0.2) is 29.0 Å². The van der Waals surface area contributed by atoms with Crippen molar-refractivity contribution in [2.45, 2.75) is 19.8 Å². The highest BCUT2D eigenvalue weighted by atomic mass is 16.3. The molecule has 1 aromatic carbocycles. The number of hydrogen-bond acceptors (Lipinski definition) is 2. The fourth-order valence-electron chi connectivity index (χ4n) is 1.89. The second-order valence-electron chi connectivity index (χ2n) is 4.00. The van der Waals surface area contributed by atoms with Crippen molar-refractivity contribution in [2.24, 2.45) is 0 Å². The van der Waals surface area contributed by atoms with Crippen LogP contribution in [0.3, 0.4) is 0 Å². The Kier molecular flexibility index (Phi) is 2.62. The summed E-state index contributed by atoms with van der Waals surface area (Å²) in [5, 5.41) is 9.37. The third-order valence-corrected chi connectivity index (χ3v) is 2.84. The van der Waals surface area contributed by atoms with Crippen LogP contribution >= 0.6 is 0 Å². The Balaban J connectivity index is 2.21. The number of phenols is 1. The van der Waals surface area contributed by atoms with Crippen LogP contribution in [0.1, 0.15) is 28.8 Å². The smallest absolute Gasteiger partial charge is 0.253 e. The fraction of sp³-hybridized carbons (Fsp3) is 0.417. The van der Waals surface area contributed by atoms with Crippen molar-refractivity contribution < 1.29 is 9.90 Å². The zero-order valence-corrected chi connectivity index (χ0v) is 8.86. The molecule has 0 saturated carbocycles. The molecule has 0 bridgehead atoms. The highest BCUT2D eigenvalue weighted by molar-refractivity contribution is 5.94. The van der Waals surface area contributed by atoms with Gasteiger partial charge in [0, 0.05) is 18.7 Å². The molecule has 0 aliphatic carbocycles. The van der Waals surface area contributed by atoms with E-state index in [1.807, 2.05) is 4.90 Å². The molecule has 0 unspecified atom stereocenters. The van der Waals surface area contributed by atoms with Crippen molar-refractivity contribution in [3.8, 4) is 5.75 Å². The quantitative estimate of drug-likeness (QED) is 0.761. The lowest BCUT2D eigenvalue weighted by Crippen LogP contribution is -2.27. The van der Waals surface area contributed by atoms with Crippen LogP contribution in [0.4, 0.5) is 0 Å². The number of nitrogens with zero attached hydrogens (tertiary/aromatic N) is 1. The molecule has 15 heavy (non-hydrogen) atoms. The molecule has 1 fully saturated rings. The molecule has 1 N–H and O–H groups in total. The summed E-state index contributed by atoms with van der Waals surface area (Å²) in [6, 6.07) is 5.01. The van der Waals surface area contributed by atoms with Crippen molar-refractivity contribution in [1.82, 2.24) is 4.90 Å². The number of aryl methyl sites for hydroxylation is 1. The van der Waals surface area contributed by atoms with Crippen molar-refractivity contribution >= 4 is 5.91 Å². The minimum Gasteiger partial charge on any atom is -0.508 e. The molecule has 1 aliphatic rings. The third kappa shape index (κ3) is 1.96. The lowest BCUT2D eigenvalue weighted by atomic mass is 10.1. The van der Waals surface area contributed by atoms with Gasteiger partial charge in [0.25, 0.3) is 5.91 Å². The molecule has 1 aromatic rings. The molecule has 2 rings (SSSR count). The first-order chi connectivity index (χ1) is 7.18. The van der Waals surface area contributed by atoms with E-state index in [1.165, 1.54) is 0 Å². The van der Waals surface area contributed by atoms with Gasteiger partial charge < -0.3 is 10.0 Å². The lowest BCUT2D eigenvalue weighted by Gasteiger charge is -2.15. The zero-order chi connectivity index (χ0) is 10.8. The van der Waals surface area contributed by atoms with E-state index in [4.69, 9.17) is 0 Å². The van der Waals surface area contributed by atoms with Crippen LogP contribution in [0.25, 0.3) is 0 Å². The van der Waals surface area contributed by atoms with Crippen molar-refractivity contribution in [2.75, 3.05) is 13.1 Å². The summed E-state index contributed by atoms with van der Waals surface area (Å²) in [6.45, 7) is 3.52. The average molecular weight is 205 g/mol.